The summed E-state index contributed by atoms with van der Waals surface area (Å²) >= 11 is 1.93. The Labute approximate surface area is 118 Å². The van der Waals surface area contributed by atoms with Crippen molar-refractivity contribution in [1.82, 2.24) is 10.2 Å². The zero-order chi connectivity index (χ0) is 13.7. The molecule has 19 heavy (non-hydrogen) atoms. The van der Waals surface area contributed by atoms with Gasteiger partial charge >= 0.3 is 12.0 Å². The summed E-state index contributed by atoms with van der Waals surface area (Å²) in [6.45, 7) is 1.73. The van der Waals surface area contributed by atoms with Crippen LogP contribution in [0.25, 0.3) is 0 Å². The van der Waals surface area contributed by atoms with Crippen LogP contribution >= 0.6 is 11.8 Å². The minimum atomic E-state index is -0.791. The van der Waals surface area contributed by atoms with Crippen molar-refractivity contribution in [2.45, 2.75) is 37.4 Å². The van der Waals surface area contributed by atoms with Crippen molar-refractivity contribution < 1.29 is 14.7 Å². The van der Waals surface area contributed by atoms with E-state index in [0.717, 1.165) is 6.42 Å². The van der Waals surface area contributed by atoms with Gasteiger partial charge in [-0.15, -0.1) is 0 Å². The number of nitrogens with zero attached hydrogens (tertiary/aromatic N) is 1. The quantitative estimate of drug-likeness (QED) is 0.829. The number of carboxylic acid groups (broad SMARTS) is 1. The molecule has 5 nitrogen and oxygen atoms in total. The van der Waals surface area contributed by atoms with Crippen LogP contribution in [-0.4, -0.2) is 52.6 Å². The third-order valence-corrected chi connectivity index (χ3v) is 5.21. The summed E-state index contributed by atoms with van der Waals surface area (Å²) in [7, 11) is 0. The number of hydrogen-bond donors (Lipinski definition) is 2. The van der Waals surface area contributed by atoms with E-state index in [2.05, 4.69) is 5.32 Å². The van der Waals surface area contributed by atoms with Crippen LogP contribution in [0.2, 0.25) is 0 Å². The lowest BCUT2D eigenvalue weighted by molar-refractivity contribution is -0.143. The predicted molar refractivity (Wildman–Crippen MR) is 75.4 cm³/mol. The summed E-state index contributed by atoms with van der Waals surface area (Å²) in [5.74, 6) is -0.00499. The molecule has 0 spiro atoms. The van der Waals surface area contributed by atoms with Crippen molar-refractivity contribution in [3.8, 4) is 0 Å². The van der Waals surface area contributed by atoms with E-state index in [1.165, 1.54) is 25.0 Å². The third kappa shape index (κ3) is 4.30. The van der Waals surface area contributed by atoms with Crippen molar-refractivity contribution in [3.63, 3.8) is 0 Å². The summed E-state index contributed by atoms with van der Waals surface area (Å²) < 4.78 is 0. The number of thioether (sulfide) groups is 1. The van der Waals surface area contributed by atoms with Gasteiger partial charge in [-0.05, 0) is 31.4 Å². The van der Waals surface area contributed by atoms with Gasteiger partial charge in [-0.3, -0.25) is 4.79 Å². The summed E-state index contributed by atoms with van der Waals surface area (Å²) in [5, 5.41) is 12.5. The summed E-state index contributed by atoms with van der Waals surface area (Å²) in [4.78, 5) is 24.6. The maximum absolute atomic E-state index is 12.0. The number of aliphatic carboxylic acids is 1. The first-order valence-corrected chi connectivity index (χ1v) is 8.09. The largest absolute Gasteiger partial charge is 0.481 e. The van der Waals surface area contributed by atoms with Crippen LogP contribution in [-0.2, 0) is 4.79 Å². The second-order valence-corrected chi connectivity index (χ2v) is 6.71. The molecule has 2 heterocycles. The van der Waals surface area contributed by atoms with Crippen LogP contribution < -0.4 is 5.32 Å². The average molecular weight is 286 g/mol. The highest BCUT2D eigenvalue weighted by molar-refractivity contribution is 7.99. The lowest BCUT2D eigenvalue weighted by Crippen LogP contribution is -2.48. The van der Waals surface area contributed by atoms with Gasteiger partial charge in [0.05, 0.1) is 5.92 Å². The monoisotopic (exact) mass is 286 g/mol. The Balaban J connectivity index is 1.74. The summed E-state index contributed by atoms with van der Waals surface area (Å²) in [6, 6.07) is -0.0999. The standard InChI is InChI=1S/C13H22N2O3S/c16-12(17)10-4-3-6-15(9-10)13(18)14-8-11-5-1-2-7-19-11/h10-11H,1-9H2,(H,14,18)(H,16,17). The van der Waals surface area contributed by atoms with E-state index in [4.69, 9.17) is 5.11 Å². The molecule has 2 amide bonds. The smallest absolute Gasteiger partial charge is 0.317 e. The molecule has 0 bridgehead atoms. The Hall–Kier alpha value is -0.910. The van der Waals surface area contributed by atoms with Crippen molar-refractivity contribution in [2.24, 2.45) is 5.92 Å². The predicted octanol–water partition coefficient (Wildman–Crippen LogP) is 1.78. The van der Waals surface area contributed by atoms with Gasteiger partial charge < -0.3 is 15.3 Å². The second-order valence-electron chi connectivity index (χ2n) is 5.30. The van der Waals surface area contributed by atoms with E-state index in [1.54, 1.807) is 4.90 Å². The lowest BCUT2D eigenvalue weighted by Gasteiger charge is -2.31. The molecule has 0 saturated carbocycles. The van der Waals surface area contributed by atoms with Crippen LogP contribution in [0.5, 0.6) is 0 Å². The molecule has 2 N–H and O–H groups in total. The normalized spacial score (nSPS) is 27.9. The van der Waals surface area contributed by atoms with Crippen LogP contribution in [0.15, 0.2) is 0 Å². The van der Waals surface area contributed by atoms with Gasteiger partial charge in [0.15, 0.2) is 0 Å². The summed E-state index contributed by atoms with van der Waals surface area (Å²) in [6.07, 6.45) is 5.16. The Bertz CT molecular complexity index is 332. The number of carbonyl (C=O) groups is 2. The lowest BCUT2D eigenvalue weighted by atomic mass is 9.99. The number of carbonyl (C=O) groups excluding carboxylic acids is 1. The van der Waals surface area contributed by atoms with Gasteiger partial charge in [-0.25, -0.2) is 4.79 Å². The molecule has 2 fully saturated rings. The molecule has 0 aromatic heterocycles. The van der Waals surface area contributed by atoms with Crippen LogP contribution in [0, 0.1) is 5.92 Å². The topological polar surface area (TPSA) is 69.6 Å². The number of amides is 2. The van der Waals surface area contributed by atoms with Gasteiger partial charge in [-0.1, -0.05) is 6.42 Å². The first kappa shape index (κ1) is 14.5. The fourth-order valence-corrected chi connectivity index (χ4v) is 3.88. The first-order chi connectivity index (χ1) is 9.16. The molecule has 6 heteroatoms. The SMILES string of the molecule is O=C(O)C1CCCN(C(=O)NCC2CCCCS2)C1. The highest BCUT2D eigenvalue weighted by Crippen LogP contribution is 2.24. The number of carboxylic acids is 1. The van der Waals surface area contributed by atoms with Crippen LogP contribution in [0.1, 0.15) is 32.1 Å². The van der Waals surface area contributed by atoms with Crippen LogP contribution in [0.4, 0.5) is 4.79 Å². The van der Waals surface area contributed by atoms with E-state index in [0.29, 0.717) is 31.3 Å². The minimum absolute atomic E-state index is 0.0999. The number of likely N-dealkylation sites (tertiary alicyclic amines) is 1. The zero-order valence-corrected chi connectivity index (χ0v) is 12.0. The first-order valence-electron chi connectivity index (χ1n) is 7.04. The molecule has 2 aliphatic rings. The van der Waals surface area contributed by atoms with E-state index >= 15 is 0 Å². The van der Waals surface area contributed by atoms with E-state index in [9.17, 15) is 9.59 Å². The molecule has 2 aliphatic heterocycles. The number of nitrogens with one attached hydrogen (secondary N) is 1. The minimum Gasteiger partial charge on any atom is -0.481 e. The molecule has 108 valence electrons. The number of hydrogen-bond acceptors (Lipinski definition) is 3. The van der Waals surface area contributed by atoms with Crippen molar-refractivity contribution in [3.05, 3.63) is 0 Å². The number of piperidine rings is 1. The maximum atomic E-state index is 12.0. The molecular formula is C13H22N2O3S. The molecule has 0 aliphatic carbocycles. The van der Waals surface area contributed by atoms with Crippen molar-refractivity contribution in [2.75, 3.05) is 25.4 Å². The Morgan fingerprint density at radius 1 is 1.26 bits per heavy atom. The average Bonchev–Trinajstić information content (AvgIpc) is 2.46. The van der Waals surface area contributed by atoms with Gasteiger partial charge in [0.25, 0.3) is 0 Å². The second kappa shape index (κ2) is 7.03. The molecule has 2 atom stereocenters. The van der Waals surface area contributed by atoms with E-state index < -0.39 is 11.9 Å². The molecule has 0 aromatic carbocycles. The maximum Gasteiger partial charge on any atom is 0.317 e. The molecule has 0 radical (unpaired) electrons. The Kier molecular flexibility index (Phi) is 5.36. The molecule has 2 rings (SSSR count). The fraction of sp³-hybridized carbons (Fsp3) is 0.846. The highest BCUT2D eigenvalue weighted by atomic mass is 32.2. The van der Waals surface area contributed by atoms with Gasteiger partial charge in [0.1, 0.15) is 0 Å². The van der Waals surface area contributed by atoms with Crippen LogP contribution in [0.3, 0.4) is 0 Å². The van der Waals surface area contributed by atoms with E-state index in [-0.39, 0.29) is 6.03 Å². The highest BCUT2D eigenvalue weighted by Gasteiger charge is 2.28. The van der Waals surface area contributed by atoms with Gasteiger partial charge in [0, 0.05) is 24.9 Å². The van der Waals surface area contributed by atoms with E-state index in [1.807, 2.05) is 11.8 Å². The number of urea groups is 1. The fourth-order valence-electron chi connectivity index (χ4n) is 2.64. The molecule has 0 aromatic rings. The molecular weight excluding hydrogens is 264 g/mol. The van der Waals surface area contributed by atoms with Gasteiger partial charge in [0.2, 0.25) is 0 Å². The third-order valence-electron chi connectivity index (χ3n) is 3.81. The van der Waals surface area contributed by atoms with Crippen molar-refractivity contribution in [1.29, 1.82) is 0 Å². The number of rotatable bonds is 3. The zero-order valence-electron chi connectivity index (χ0n) is 11.1. The Morgan fingerprint density at radius 2 is 2.11 bits per heavy atom. The molecule has 2 saturated heterocycles. The molecule has 2 unspecified atom stereocenters. The van der Waals surface area contributed by atoms with Gasteiger partial charge in [-0.2, -0.15) is 11.8 Å². The Morgan fingerprint density at radius 3 is 2.79 bits per heavy atom. The van der Waals surface area contributed by atoms with Crippen molar-refractivity contribution >= 4 is 23.8 Å². The summed E-state index contributed by atoms with van der Waals surface area (Å²) in [5.41, 5.74) is 0.